The van der Waals surface area contributed by atoms with Crippen LogP contribution in [0.3, 0.4) is 0 Å². The van der Waals surface area contributed by atoms with Gasteiger partial charge < -0.3 is 10.2 Å². The predicted octanol–water partition coefficient (Wildman–Crippen LogP) is 3.50. The monoisotopic (exact) mass is 399 g/mol. The second kappa shape index (κ2) is 9.29. The summed E-state index contributed by atoms with van der Waals surface area (Å²) in [5, 5.41) is 3.09. The lowest BCUT2D eigenvalue weighted by molar-refractivity contribution is -0.161. The Kier molecular flexibility index (Phi) is 6.99. The summed E-state index contributed by atoms with van der Waals surface area (Å²) in [6.07, 6.45) is 4.11. The Hall–Kier alpha value is -1.88. The topological polar surface area (TPSA) is 52.7 Å². The van der Waals surface area contributed by atoms with Crippen molar-refractivity contribution in [3.05, 3.63) is 35.4 Å². The molecule has 3 rings (SSSR count). The quantitative estimate of drug-likeness (QED) is 0.763. The van der Waals surface area contributed by atoms with Crippen LogP contribution in [0, 0.1) is 12.8 Å². The number of hydrogen-bond donors (Lipinski definition) is 1. The molecule has 2 aliphatic heterocycles. The number of benzene rings is 1. The zero-order chi connectivity index (χ0) is 21.0. The van der Waals surface area contributed by atoms with Crippen LogP contribution in [-0.4, -0.2) is 52.8 Å². The Morgan fingerprint density at radius 1 is 1.17 bits per heavy atom. The smallest absolute Gasteiger partial charge is 0.246 e. The number of nitrogens with one attached hydrogen (secondary N) is 1. The zero-order valence-corrected chi connectivity index (χ0v) is 18.5. The van der Waals surface area contributed by atoms with Crippen molar-refractivity contribution in [1.29, 1.82) is 0 Å². The average Bonchev–Trinajstić information content (AvgIpc) is 2.69. The van der Waals surface area contributed by atoms with E-state index in [4.69, 9.17) is 0 Å². The van der Waals surface area contributed by atoms with Crippen LogP contribution in [-0.2, 0) is 16.1 Å². The molecule has 1 aromatic rings. The van der Waals surface area contributed by atoms with Gasteiger partial charge in [0.05, 0.1) is 0 Å². The predicted molar refractivity (Wildman–Crippen MR) is 116 cm³/mol. The molecule has 2 amide bonds. The van der Waals surface area contributed by atoms with Crippen LogP contribution >= 0.6 is 0 Å². The van der Waals surface area contributed by atoms with Crippen LogP contribution in [0.25, 0.3) is 0 Å². The van der Waals surface area contributed by atoms with E-state index in [-0.39, 0.29) is 17.9 Å². The summed E-state index contributed by atoms with van der Waals surface area (Å²) in [4.78, 5) is 31.0. The maximum atomic E-state index is 13.3. The van der Waals surface area contributed by atoms with Gasteiger partial charge in [-0.2, -0.15) is 0 Å². The lowest BCUT2D eigenvalue weighted by atomic mass is 9.80. The van der Waals surface area contributed by atoms with E-state index in [9.17, 15) is 9.59 Å². The molecule has 0 unspecified atom stereocenters. The molecule has 160 valence electrons. The number of rotatable bonds is 7. The molecule has 5 heteroatoms. The Labute approximate surface area is 175 Å². The summed E-state index contributed by atoms with van der Waals surface area (Å²) in [6, 6.07) is 8.12. The molecular formula is C24H37N3O2. The first-order valence-electron chi connectivity index (χ1n) is 11.3. The molecule has 0 saturated carbocycles. The van der Waals surface area contributed by atoms with E-state index in [1.54, 1.807) is 0 Å². The van der Waals surface area contributed by atoms with Gasteiger partial charge in [-0.3, -0.25) is 14.5 Å². The standard InChI is InChI=1S/C24H37N3O2/c1-5-6-13-27-22(28)21(16-18(2)3)25-23(29)24(27)11-14-26(15-12-24)17-20-10-8-7-9-19(20)4/h7-10,18,21H,5-6,11-17H2,1-4H3,(H,25,29)/t21-/m0/s1. The van der Waals surface area contributed by atoms with E-state index in [0.717, 1.165) is 32.5 Å². The molecule has 2 aliphatic rings. The molecule has 2 heterocycles. The highest BCUT2D eigenvalue weighted by Gasteiger charge is 2.53. The summed E-state index contributed by atoms with van der Waals surface area (Å²) in [5.41, 5.74) is 1.98. The van der Waals surface area contributed by atoms with Crippen molar-refractivity contribution in [3.63, 3.8) is 0 Å². The highest BCUT2D eigenvalue weighted by atomic mass is 16.2. The maximum absolute atomic E-state index is 13.3. The normalized spacial score (nSPS) is 22.4. The number of piperidine rings is 1. The third-order valence-electron chi connectivity index (χ3n) is 6.59. The molecular weight excluding hydrogens is 362 g/mol. The first-order valence-corrected chi connectivity index (χ1v) is 11.3. The van der Waals surface area contributed by atoms with E-state index >= 15 is 0 Å². The lowest BCUT2D eigenvalue weighted by Crippen LogP contribution is -2.73. The SMILES string of the molecule is CCCCN1C(=O)[C@H](CC(C)C)NC(=O)C12CCN(Cc1ccccc1C)CC2. The molecule has 1 atom stereocenters. The van der Waals surface area contributed by atoms with Gasteiger partial charge in [0.1, 0.15) is 11.6 Å². The Bertz CT molecular complexity index is 723. The average molecular weight is 400 g/mol. The second-order valence-electron chi connectivity index (χ2n) is 9.23. The first-order chi connectivity index (χ1) is 13.9. The van der Waals surface area contributed by atoms with E-state index in [2.05, 4.69) is 62.2 Å². The van der Waals surface area contributed by atoms with Crippen molar-refractivity contribution < 1.29 is 9.59 Å². The van der Waals surface area contributed by atoms with Crippen LogP contribution in [0.4, 0.5) is 0 Å². The number of aryl methyl sites for hydroxylation is 1. The van der Waals surface area contributed by atoms with Crippen molar-refractivity contribution in [1.82, 2.24) is 15.1 Å². The van der Waals surface area contributed by atoms with Gasteiger partial charge >= 0.3 is 0 Å². The fourth-order valence-electron chi connectivity index (χ4n) is 4.75. The van der Waals surface area contributed by atoms with E-state index in [0.29, 0.717) is 31.7 Å². The van der Waals surface area contributed by atoms with Gasteiger partial charge in [0.2, 0.25) is 11.8 Å². The van der Waals surface area contributed by atoms with Crippen molar-refractivity contribution in [3.8, 4) is 0 Å². The number of amides is 2. The summed E-state index contributed by atoms with van der Waals surface area (Å²) >= 11 is 0. The number of carbonyl (C=O) groups excluding carboxylic acids is 2. The molecule has 29 heavy (non-hydrogen) atoms. The maximum Gasteiger partial charge on any atom is 0.246 e. The highest BCUT2D eigenvalue weighted by Crippen LogP contribution is 2.34. The number of nitrogens with zero attached hydrogens (tertiary/aromatic N) is 2. The Morgan fingerprint density at radius 2 is 1.86 bits per heavy atom. The largest absolute Gasteiger partial charge is 0.342 e. The van der Waals surface area contributed by atoms with Gasteiger partial charge in [0, 0.05) is 26.2 Å². The Morgan fingerprint density at radius 3 is 2.48 bits per heavy atom. The van der Waals surface area contributed by atoms with E-state index in [1.807, 2.05) is 4.90 Å². The minimum Gasteiger partial charge on any atom is -0.342 e. The number of unbranched alkanes of at least 4 members (excludes halogenated alkanes) is 1. The lowest BCUT2D eigenvalue weighted by Gasteiger charge is -2.52. The minimum atomic E-state index is -0.665. The third-order valence-corrected chi connectivity index (χ3v) is 6.59. The molecule has 2 fully saturated rings. The van der Waals surface area contributed by atoms with Crippen molar-refractivity contribution in [2.75, 3.05) is 19.6 Å². The first kappa shape index (κ1) is 21.8. The van der Waals surface area contributed by atoms with Crippen LogP contribution in [0.1, 0.15) is 64.0 Å². The molecule has 1 aromatic carbocycles. The molecule has 0 aliphatic carbocycles. The molecule has 0 radical (unpaired) electrons. The van der Waals surface area contributed by atoms with Crippen LogP contribution in [0.15, 0.2) is 24.3 Å². The molecule has 1 spiro atoms. The second-order valence-corrected chi connectivity index (χ2v) is 9.23. The summed E-state index contributed by atoms with van der Waals surface area (Å²) in [5.74, 6) is 0.566. The molecule has 5 nitrogen and oxygen atoms in total. The number of likely N-dealkylation sites (tertiary alicyclic amines) is 1. The van der Waals surface area contributed by atoms with Crippen LogP contribution in [0.5, 0.6) is 0 Å². The van der Waals surface area contributed by atoms with Gasteiger partial charge in [-0.1, -0.05) is 51.5 Å². The van der Waals surface area contributed by atoms with Crippen molar-refractivity contribution in [2.45, 2.75) is 77.9 Å². The van der Waals surface area contributed by atoms with Crippen molar-refractivity contribution in [2.24, 2.45) is 5.92 Å². The van der Waals surface area contributed by atoms with Gasteiger partial charge in [0.15, 0.2) is 0 Å². The van der Waals surface area contributed by atoms with Crippen molar-refractivity contribution >= 4 is 11.8 Å². The number of hydrogen-bond acceptors (Lipinski definition) is 3. The van der Waals surface area contributed by atoms with Crippen LogP contribution in [0.2, 0.25) is 0 Å². The molecule has 1 N–H and O–H groups in total. The van der Waals surface area contributed by atoms with Gasteiger partial charge in [0.25, 0.3) is 0 Å². The summed E-state index contributed by atoms with van der Waals surface area (Å²) in [6.45, 7) is 11.8. The fourth-order valence-corrected chi connectivity index (χ4v) is 4.75. The summed E-state index contributed by atoms with van der Waals surface area (Å²) < 4.78 is 0. The number of piperazine rings is 1. The fraction of sp³-hybridized carbons (Fsp3) is 0.667. The van der Waals surface area contributed by atoms with Gasteiger partial charge in [-0.15, -0.1) is 0 Å². The van der Waals surface area contributed by atoms with Gasteiger partial charge in [-0.25, -0.2) is 0 Å². The molecule has 2 saturated heterocycles. The minimum absolute atomic E-state index is 0.0643. The van der Waals surface area contributed by atoms with Crippen LogP contribution < -0.4 is 5.32 Å². The molecule has 0 bridgehead atoms. The Balaban J connectivity index is 1.74. The van der Waals surface area contributed by atoms with Gasteiger partial charge in [-0.05, 0) is 49.7 Å². The zero-order valence-electron chi connectivity index (χ0n) is 18.5. The summed E-state index contributed by atoms with van der Waals surface area (Å²) in [7, 11) is 0. The molecule has 0 aromatic heterocycles. The van der Waals surface area contributed by atoms with E-state index in [1.165, 1.54) is 11.1 Å². The number of carbonyl (C=O) groups is 2. The van der Waals surface area contributed by atoms with E-state index < -0.39 is 5.54 Å². The third kappa shape index (κ3) is 4.66. The highest BCUT2D eigenvalue weighted by molar-refractivity contribution is 6.00.